The van der Waals surface area contributed by atoms with Crippen molar-refractivity contribution in [2.45, 2.75) is 0 Å². The highest BCUT2D eigenvalue weighted by molar-refractivity contribution is 5.82. The molecule has 0 radical (unpaired) electrons. The third-order valence-electron chi connectivity index (χ3n) is 3.66. The highest BCUT2D eigenvalue weighted by Gasteiger charge is 2.03. The fourth-order valence-electron chi connectivity index (χ4n) is 2.54. The van der Waals surface area contributed by atoms with Gasteiger partial charge >= 0.3 is 0 Å². The summed E-state index contributed by atoms with van der Waals surface area (Å²) in [6.07, 6.45) is 1.75. The van der Waals surface area contributed by atoms with E-state index in [1.54, 1.807) is 12.3 Å². The predicted molar refractivity (Wildman–Crippen MR) is 96.2 cm³/mol. The van der Waals surface area contributed by atoms with Crippen molar-refractivity contribution in [3.63, 3.8) is 0 Å². The normalized spacial score (nSPS) is 10.7. The molecule has 0 saturated heterocycles. The molecule has 118 valence electrons. The van der Waals surface area contributed by atoms with Crippen LogP contribution in [-0.4, -0.2) is 15.2 Å². The lowest BCUT2D eigenvalue weighted by Crippen LogP contribution is -1.97. The third kappa shape index (κ3) is 2.85. The van der Waals surface area contributed by atoms with Crippen molar-refractivity contribution in [2.75, 3.05) is 10.6 Å². The van der Waals surface area contributed by atoms with Gasteiger partial charge in [0.1, 0.15) is 5.82 Å². The van der Waals surface area contributed by atoms with Gasteiger partial charge < -0.3 is 10.6 Å². The number of nitrogens with one attached hydrogen (secondary N) is 4. The molecule has 4 rings (SSSR count). The summed E-state index contributed by atoms with van der Waals surface area (Å²) < 4.78 is 0. The third-order valence-corrected chi connectivity index (χ3v) is 3.66. The van der Waals surface area contributed by atoms with Crippen LogP contribution >= 0.6 is 0 Å². The number of H-pyrrole nitrogens is 2. The number of hydrogen-bond donors (Lipinski definition) is 4. The molecule has 0 aliphatic carbocycles. The van der Waals surface area contributed by atoms with Gasteiger partial charge in [-0.2, -0.15) is 0 Å². The molecule has 0 spiro atoms. The van der Waals surface area contributed by atoms with Gasteiger partial charge in [0, 0.05) is 23.3 Å². The van der Waals surface area contributed by atoms with Gasteiger partial charge in [-0.25, -0.2) is 4.98 Å². The lowest BCUT2D eigenvalue weighted by Gasteiger charge is -2.10. The van der Waals surface area contributed by atoms with E-state index in [4.69, 9.17) is 0 Å². The molecule has 0 aliphatic heterocycles. The minimum Gasteiger partial charge on any atom is -0.355 e. The molecule has 0 unspecified atom stereocenters. The molecule has 0 atom stereocenters. The molecule has 2 heterocycles. The van der Waals surface area contributed by atoms with E-state index in [9.17, 15) is 4.79 Å². The number of aromatic nitrogens is 3. The number of benzene rings is 2. The Morgan fingerprint density at radius 3 is 2.46 bits per heavy atom. The summed E-state index contributed by atoms with van der Waals surface area (Å²) in [5.41, 5.74) is 3.43. The highest BCUT2D eigenvalue weighted by Crippen LogP contribution is 2.23. The van der Waals surface area contributed by atoms with Crippen LogP contribution in [-0.2, 0) is 0 Å². The number of aromatic amines is 2. The van der Waals surface area contributed by atoms with Crippen LogP contribution in [0, 0.1) is 0 Å². The SMILES string of the molecule is O=c1[nH][nH]c2cc(Nc3cccc(Nc4ccccn4)c3)ccc12. The first kappa shape index (κ1) is 14.1. The number of pyridine rings is 1. The summed E-state index contributed by atoms with van der Waals surface area (Å²) in [6, 6.07) is 19.2. The fourth-order valence-corrected chi connectivity index (χ4v) is 2.54. The average Bonchev–Trinajstić information content (AvgIpc) is 2.97. The topological polar surface area (TPSA) is 85.6 Å². The summed E-state index contributed by atoms with van der Waals surface area (Å²) >= 11 is 0. The zero-order valence-electron chi connectivity index (χ0n) is 12.7. The molecule has 0 saturated carbocycles. The molecule has 0 fully saturated rings. The molecule has 2 aromatic heterocycles. The second kappa shape index (κ2) is 5.92. The van der Waals surface area contributed by atoms with Crippen molar-refractivity contribution in [1.29, 1.82) is 0 Å². The number of rotatable bonds is 4. The molecule has 0 aliphatic rings. The van der Waals surface area contributed by atoms with Gasteiger partial charge in [-0.3, -0.25) is 15.0 Å². The van der Waals surface area contributed by atoms with Crippen molar-refractivity contribution in [2.24, 2.45) is 0 Å². The van der Waals surface area contributed by atoms with E-state index < -0.39 is 0 Å². The van der Waals surface area contributed by atoms with Crippen LogP contribution in [0.15, 0.2) is 71.7 Å². The Labute approximate surface area is 137 Å². The summed E-state index contributed by atoms with van der Waals surface area (Å²) in [6.45, 7) is 0. The van der Waals surface area contributed by atoms with Gasteiger partial charge in [0.05, 0.1) is 10.9 Å². The number of nitrogens with zero attached hydrogens (tertiary/aromatic N) is 1. The van der Waals surface area contributed by atoms with E-state index in [1.165, 1.54) is 0 Å². The lowest BCUT2D eigenvalue weighted by atomic mass is 10.2. The number of anilines is 4. The van der Waals surface area contributed by atoms with Crippen LogP contribution in [0.5, 0.6) is 0 Å². The second-order valence-electron chi connectivity index (χ2n) is 5.39. The summed E-state index contributed by atoms with van der Waals surface area (Å²) in [7, 11) is 0. The molecule has 0 amide bonds. The largest absolute Gasteiger partial charge is 0.355 e. The number of fused-ring (bicyclic) bond motifs is 1. The Morgan fingerprint density at radius 2 is 1.62 bits per heavy atom. The van der Waals surface area contributed by atoms with Gasteiger partial charge in [-0.05, 0) is 48.5 Å². The Kier molecular flexibility index (Phi) is 3.47. The van der Waals surface area contributed by atoms with Crippen LogP contribution in [0.3, 0.4) is 0 Å². The first-order valence-electron chi connectivity index (χ1n) is 7.53. The zero-order chi connectivity index (χ0) is 16.4. The molecule has 6 nitrogen and oxygen atoms in total. The monoisotopic (exact) mass is 317 g/mol. The van der Waals surface area contributed by atoms with Crippen LogP contribution in [0.25, 0.3) is 10.9 Å². The quantitative estimate of drug-likeness (QED) is 0.462. The maximum atomic E-state index is 11.5. The van der Waals surface area contributed by atoms with Crippen LogP contribution in [0.1, 0.15) is 0 Å². The van der Waals surface area contributed by atoms with Crippen molar-refractivity contribution >= 4 is 33.8 Å². The maximum Gasteiger partial charge on any atom is 0.271 e. The van der Waals surface area contributed by atoms with Gasteiger partial charge in [0.25, 0.3) is 5.56 Å². The van der Waals surface area contributed by atoms with Crippen molar-refractivity contribution in [1.82, 2.24) is 15.2 Å². The van der Waals surface area contributed by atoms with Crippen molar-refractivity contribution in [3.8, 4) is 0 Å². The van der Waals surface area contributed by atoms with E-state index >= 15 is 0 Å². The van der Waals surface area contributed by atoms with Gasteiger partial charge in [-0.1, -0.05) is 12.1 Å². The van der Waals surface area contributed by atoms with Crippen LogP contribution < -0.4 is 16.2 Å². The van der Waals surface area contributed by atoms with E-state index in [2.05, 4.69) is 25.8 Å². The summed E-state index contributed by atoms with van der Waals surface area (Å²) in [4.78, 5) is 15.8. The molecular formula is C18H15N5O. The summed E-state index contributed by atoms with van der Waals surface area (Å²) in [5, 5.41) is 12.7. The van der Waals surface area contributed by atoms with Crippen molar-refractivity contribution in [3.05, 3.63) is 77.2 Å². The average molecular weight is 317 g/mol. The molecular weight excluding hydrogens is 302 g/mol. The highest BCUT2D eigenvalue weighted by atomic mass is 16.1. The smallest absolute Gasteiger partial charge is 0.271 e. The van der Waals surface area contributed by atoms with Gasteiger partial charge in [-0.15, -0.1) is 0 Å². The number of hydrogen-bond acceptors (Lipinski definition) is 4. The second-order valence-corrected chi connectivity index (χ2v) is 5.39. The van der Waals surface area contributed by atoms with Crippen LogP contribution in [0.2, 0.25) is 0 Å². The van der Waals surface area contributed by atoms with E-state index in [1.807, 2.05) is 54.6 Å². The first-order valence-corrected chi connectivity index (χ1v) is 7.53. The minimum absolute atomic E-state index is 0.113. The minimum atomic E-state index is -0.113. The van der Waals surface area contributed by atoms with Gasteiger partial charge in [0.15, 0.2) is 0 Å². The summed E-state index contributed by atoms with van der Waals surface area (Å²) in [5.74, 6) is 0.793. The van der Waals surface area contributed by atoms with E-state index in [0.717, 1.165) is 28.4 Å². The molecule has 4 aromatic rings. The molecule has 2 aromatic carbocycles. The van der Waals surface area contributed by atoms with Gasteiger partial charge in [0.2, 0.25) is 0 Å². The molecule has 4 N–H and O–H groups in total. The Balaban J connectivity index is 1.57. The molecule has 24 heavy (non-hydrogen) atoms. The van der Waals surface area contributed by atoms with Crippen molar-refractivity contribution < 1.29 is 0 Å². The van der Waals surface area contributed by atoms with E-state index in [-0.39, 0.29) is 5.56 Å². The lowest BCUT2D eigenvalue weighted by molar-refractivity contribution is 1.08. The van der Waals surface area contributed by atoms with E-state index in [0.29, 0.717) is 5.39 Å². The first-order chi connectivity index (χ1) is 11.8. The zero-order valence-corrected chi connectivity index (χ0v) is 12.7. The van der Waals surface area contributed by atoms with Crippen LogP contribution in [0.4, 0.5) is 22.9 Å². The predicted octanol–water partition coefficient (Wildman–Crippen LogP) is 3.74. The fraction of sp³-hybridized carbons (Fsp3) is 0. The molecule has 0 bridgehead atoms. The Morgan fingerprint density at radius 1 is 0.792 bits per heavy atom. The standard InChI is InChI=1S/C18H15N5O/c24-18-15-8-7-14(11-16(15)22-23-18)20-12-4-3-5-13(10-12)21-17-6-1-2-9-19-17/h1-11,20H,(H,19,21)(H2,22,23,24). The Bertz CT molecular complexity index is 1040. The Hall–Kier alpha value is -3.54. The maximum absolute atomic E-state index is 11.5. The molecule has 6 heteroatoms.